The van der Waals surface area contributed by atoms with E-state index < -0.39 is 5.97 Å². The van der Waals surface area contributed by atoms with E-state index in [-0.39, 0.29) is 12.5 Å². The van der Waals surface area contributed by atoms with Crippen LogP contribution >= 0.6 is 22.9 Å². The van der Waals surface area contributed by atoms with Gasteiger partial charge in [-0.1, -0.05) is 11.6 Å². The number of esters is 1. The Morgan fingerprint density at radius 1 is 1.17 bits per heavy atom. The number of hydrogen-bond donors (Lipinski definition) is 0. The lowest BCUT2D eigenvalue weighted by atomic mass is 10.2. The Morgan fingerprint density at radius 2 is 1.88 bits per heavy atom. The van der Waals surface area contributed by atoms with Gasteiger partial charge in [-0.05, 0) is 43.3 Å². The zero-order chi connectivity index (χ0) is 17.5. The molecule has 0 aliphatic rings. The Kier molecular flexibility index (Phi) is 6.63. The summed E-state index contributed by atoms with van der Waals surface area (Å²) >= 11 is 7.27. The predicted molar refractivity (Wildman–Crippen MR) is 93.7 cm³/mol. The van der Waals surface area contributed by atoms with Gasteiger partial charge >= 0.3 is 5.97 Å². The molecule has 0 bridgehead atoms. The van der Waals surface area contributed by atoms with Crippen LogP contribution in [0.15, 0.2) is 36.4 Å². The van der Waals surface area contributed by atoms with E-state index in [1.807, 2.05) is 13.0 Å². The van der Waals surface area contributed by atoms with Crippen molar-refractivity contribution in [1.29, 1.82) is 0 Å². The number of rotatable bonds is 7. The van der Waals surface area contributed by atoms with Crippen LogP contribution in [0.25, 0.3) is 0 Å². The van der Waals surface area contributed by atoms with E-state index in [0.29, 0.717) is 28.8 Å². The largest absolute Gasteiger partial charge is 0.494 e. The highest BCUT2D eigenvalue weighted by Crippen LogP contribution is 2.22. The molecule has 0 atom stereocenters. The number of ether oxygens (including phenoxy) is 2. The van der Waals surface area contributed by atoms with Crippen molar-refractivity contribution in [2.45, 2.75) is 13.5 Å². The second-order valence-electron chi connectivity index (χ2n) is 4.99. The topological polar surface area (TPSA) is 55.8 Å². The van der Waals surface area contributed by atoms with Crippen molar-refractivity contribution in [1.82, 2.24) is 4.90 Å². The van der Waals surface area contributed by atoms with Gasteiger partial charge in [0.15, 0.2) is 6.61 Å². The summed E-state index contributed by atoms with van der Waals surface area (Å²) in [5.41, 5.74) is 0.374. The van der Waals surface area contributed by atoms with Gasteiger partial charge in [-0.25, -0.2) is 4.79 Å². The van der Waals surface area contributed by atoms with E-state index >= 15 is 0 Å². The fourth-order valence-electron chi connectivity index (χ4n) is 1.93. The summed E-state index contributed by atoms with van der Waals surface area (Å²) in [6, 6.07) is 10.2. The van der Waals surface area contributed by atoms with Gasteiger partial charge in [-0.2, -0.15) is 0 Å². The fraction of sp³-hybridized carbons (Fsp3) is 0.294. The van der Waals surface area contributed by atoms with Crippen LogP contribution in [0.1, 0.15) is 22.2 Å². The maximum atomic E-state index is 12.0. The zero-order valence-electron chi connectivity index (χ0n) is 13.5. The Labute approximate surface area is 149 Å². The molecule has 0 N–H and O–H groups in total. The molecule has 0 radical (unpaired) electrons. The van der Waals surface area contributed by atoms with Gasteiger partial charge in [-0.3, -0.25) is 4.79 Å². The number of carbonyl (C=O) groups excluding carboxylic acids is 2. The number of likely N-dealkylation sites (N-methyl/N-ethyl adjacent to an activating group) is 1. The lowest BCUT2D eigenvalue weighted by Crippen LogP contribution is -2.30. The number of thiophene rings is 1. The predicted octanol–water partition coefficient (Wildman–Crippen LogP) is 3.62. The summed E-state index contributed by atoms with van der Waals surface area (Å²) in [4.78, 5) is 26.4. The van der Waals surface area contributed by atoms with Gasteiger partial charge in [-0.15, -0.1) is 11.3 Å². The van der Waals surface area contributed by atoms with E-state index in [2.05, 4.69) is 0 Å². The normalized spacial score (nSPS) is 10.3. The molecule has 5 nitrogen and oxygen atoms in total. The molecule has 0 saturated carbocycles. The average Bonchev–Trinajstić information content (AvgIpc) is 2.98. The summed E-state index contributed by atoms with van der Waals surface area (Å²) in [6.07, 6.45) is 0. The van der Waals surface area contributed by atoms with Crippen LogP contribution in [-0.4, -0.2) is 37.0 Å². The lowest BCUT2D eigenvalue weighted by molar-refractivity contribution is -0.133. The molecule has 0 saturated heterocycles. The number of benzene rings is 1. The highest BCUT2D eigenvalue weighted by atomic mass is 35.5. The van der Waals surface area contributed by atoms with Gasteiger partial charge in [0.1, 0.15) is 5.75 Å². The van der Waals surface area contributed by atoms with Crippen molar-refractivity contribution in [2.75, 3.05) is 20.3 Å². The molecular weight excluding hydrogens is 350 g/mol. The van der Waals surface area contributed by atoms with Crippen LogP contribution in [0.4, 0.5) is 0 Å². The quantitative estimate of drug-likeness (QED) is 0.701. The van der Waals surface area contributed by atoms with Crippen molar-refractivity contribution < 1.29 is 19.1 Å². The SMILES string of the molecule is CCOc1ccc(C(=O)OCC(=O)N(C)Cc2ccc(Cl)s2)cc1. The summed E-state index contributed by atoms with van der Waals surface area (Å²) < 4.78 is 11.0. The third-order valence-electron chi connectivity index (χ3n) is 3.18. The molecule has 0 spiro atoms. The maximum Gasteiger partial charge on any atom is 0.338 e. The van der Waals surface area contributed by atoms with Gasteiger partial charge in [0.2, 0.25) is 0 Å². The van der Waals surface area contributed by atoms with Crippen molar-refractivity contribution in [3.63, 3.8) is 0 Å². The zero-order valence-corrected chi connectivity index (χ0v) is 15.0. The smallest absolute Gasteiger partial charge is 0.338 e. The van der Waals surface area contributed by atoms with Gasteiger partial charge < -0.3 is 14.4 Å². The molecule has 7 heteroatoms. The van der Waals surface area contributed by atoms with E-state index in [9.17, 15) is 9.59 Å². The first-order chi connectivity index (χ1) is 11.5. The highest BCUT2D eigenvalue weighted by Gasteiger charge is 2.14. The van der Waals surface area contributed by atoms with Gasteiger partial charge in [0.05, 0.1) is 23.1 Å². The van der Waals surface area contributed by atoms with Crippen LogP contribution < -0.4 is 4.74 Å². The molecule has 128 valence electrons. The summed E-state index contributed by atoms with van der Waals surface area (Å²) in [5.74, 6) is -0.141. The Balaban J connectivity index is 1.82. The molecule has 2 rings (SSSR count). The number of nitrogens with zero attached hydrogens (tertiary/aromatic N) is 1. The minimum atomic E-state index is -0.543. The molecule has 0 fully saturated rings. The standard InChI is InChI=1S/C17H18ClNO4S/c1-3-22-13-6-4-12(5-7-13)17(21)23-11-16(20)19(2)10-14-8-9-15(18)24-14/h4-9H,3,10-11H2,1-2H3. The van der Waals surface area contributed by atoms with Crippen molar-refractivity contribution in [3.8, 4) is 5.75 Å². The number of halogens is 1. The first-order valence-electron chi connectivity index (χ1n) is 7.37. The molecule has 1 heterocycles. The molecule has 1 aromatic heterocycles. The Bertz CT molecular complexity index is 699. The van der Waals surface area contributed by atoms with E-state index in [0.717, 1.165) is 4.88 Å². The molecule has 1 aromatic carbocycles. The van der Waals surface area contributed by atoms with Crippen LogP contribution in [0.2, 0.25) is 4.34 Å². The third-order valence-corrected chi connectivity index (χ3v) is 4.39. The molecule has 2 aromatic rings. The molecule has 24 heavy (non-hydrogen) atoms. The van der Waals surface area contributed by atoms with Crippen molar-refractivity contribution in [2.24, 2.45) is 0 Å². The molecule has 1 amide bonds. The molecule has 0 aliphatic heterocycles. The molecular formula is C17H18ClNO4S. The van der Waals surface area contributed by atoms with Crippen molar-refractivity contribution in [3.05, 3.63) is 51.2 Å². The van der Waals surface area contributed by atoms with Gasteiger partial charge in [0, 0.05) is 11.9 Å². The van der Waals surface area contributed by atoms with Crippen LogP contribution in [-0.2, 0) is 16.1 Å². The second kappa shape index (κ2) is 8.70. The monoisotopic (exact) mass is 367 g/mol. The average molecular weight is 368 g/mol. The fourth-order valence-corrected chi connectivity index (χ4v) is 3.07. The summed E-state index contributed by atoms with van der Waals surface area (Å²) in [5, 5.41) is 0. The van der Waals surface area contributed by atoms with Crippen LogP contribution in [0, 0.1) is 0 Å². The number of hydrogen-bond acceptors (Lipinski definition) is 5. The minimum Gasteiger partial charge on any atom is -0.494 e. The first-order valence-corrected chi connectivity index (χ1v) is 8.57. The summed E-state index contributed by atoms with van der Waals surface area (Å²) in [7, 11) is 1.65. The number of amides is 1. The van der Waals surface area contributed by atoms with E-state index in [4.69, 9.17) is 21.1 Å². The van der Waals surface area contributed by atoms with Crippen LogP contribution in [0.5, 0.6) is 5.75 Å². The van der Waals surface area contributed by atoms with E-state index in [1.165, 1.54) is 16.2 Å². The second-order valence-corrected chi connectivity index (χ2v) is 6.79. The Morgan fingerprint density at radius 3 is 2.46 bits per heavy atom. The molecule has 0 unspecified atom stereocenters. The van der Waals surface area contributed by atoms with Crippen molar-refractivity contribution >= 4 is 34.8 Å². The third kappa shape index (κ3) is 5.25. The molecule has 0 aliphatic carbocycles. The summed E-state index contributed by atoms with van der Waals surface area (Å²) in [6.45, 7) is 2.56. The maximum absolute atomic E-state index is 12.0. The first kappa shape index (κ1) is 18.3. The Hall–Kier alpha value is -2.05. The highest BCUT2D eigenvalue weighted by molar-refractivity contribution is 7.16. The lowest BCUT2D eigenvalue weighted by Gasteiger charge is -2.16. The number of carbonyl (C=O) groups is 2. The van der Waals surface area contributed by atoms with E-state index in [1.54, 1.807) is 37.4 Å². The van der Waals surface area contributed by atoms with Crippen LogP contribution in [0.3, 0.4) is 0 Å². The van der Waals surface area contributed by atoms with Gasteiger partial charge in [0.25, 0.3) is 5.91 Å². The minimum absolute atomic E-state index is 0.279.